The standard InChI is InChI=1S/C22H36N2O3/c1-18(2)16-19-17-27-21-11-7-6-10-20(21)22(25)24(14-15-26-3)13-9-5-4-8-12-23-19/h6-7,10-11,18-19,23H,4-5,8-9,12-17H2,1-3H3/t19-/m0/s1. The van der Waals surface area contributed by atoms with Gasteiger partial charge in [-0.05, 0) is 43.9 Å². The summed E-state index contributed by atoms with van der Waals surface area (Å²) in [6, 6.07) is 7.91. The second kappa shape index (κ2) is 12.0. The monoisotopic (exact) mass is 376 g/mol. The Morgan fingerprint density at radius 2 is 2.00 bits per heavy atom. The Hall–Kier alpha value is -1.59. The normalized spacial score (nSPS) is 20.1. The number of para-hydroxylation sites is 1. The lowest BCUT2D eigenvalue weighted by atomic mass is 10.0. The number of nitrogens with zero attached hydrogens (tertiary/aromatic N) is 1. The number of hydrogen-bond donors (Lipinski definition) is 1. The number of benzene rings is 1. The molecular weight excluding hydrogens is 340 g/mol. The van der Waals surface area contributed by atoms with Gasteiger partial charge in [0.2, 0.25) is 0 Å². The minimum Gasteiger partial charge on any atom is -0.491 e. The van der Waals surface area contributed by atoms with E-state index in [2.05, 4.69) is 19.2 Å². The third-order valence-corrected chi connectivity index (χ3v) is 4.95. The Labute approximate surface area is 164 Å². The van der Waals surface area contributed by atoms with Crippen molar-refractivity contribution in [3.8, 4) is 5.75 Å². The first-order valence-electron chi connectivity index (χ1n) is 10.3. The molecule has 1 amide bonds. The van der Waals surface area contributed by atoms with Gasteiger partial charge >= 0.3 is 0 Å². The first-order chi connectivity index (χ1) is 13.1. The lowest BCUT2D eigenvalue weighted by molar-refractivity contribution is 0.0686. The van der Waals surface area contributed by atoms with Crippen LogP contribution in [-0.4, -0.2) is 56.8 Å². The van der Waals surface area contributed by atoms with Gasteiger partial charge in [-0.25, -0.2) is 0 Å². The molecule has 0 aliphatic carbocycles. The fourth-order valence-corrected chi connectivity index (χ4v) is 3.51. The number of nitrogens with one attached hydrogen (secondary N) is 1. The van der Waals surface area contributed by atoms with Crippen LogP contribution in [0.1, 0.15) is 56.3 Å². The second-order valence-electron chi connectivity index (χ2n) is 7.79. The second-order valence-corrected chi connectivity index (χ2v) is 7.79. The predicted octanol–water partition coefficient (Wildman–Crippen LogP) is 3.73. The molecule has 1 N–H and O–H groups in total. The summed E-state index contributed by atoms with van der Waals surface area (Å²) >= 11 is 0. The lowest BCUT2D eigenvalue weighted by Gasteiger charge is -2.26. The maximum absolute atomic E-state index is 13.1. The van der Waals surface area contributed by atoms with Crippen LogP contribution < -0.4 is 10.1 Å². The molecule has 1 aliphatic rings. The average Bonchev–Trinajstić information content (AvgIpc) is 2.66. The molecule has 0 bridgehead atoms. The fraction of sp³-hybridized carbons (Fsp3) is 0.682. The molecule has 1 heterocycles. The molecule has 1 aromatic carbocycles. The molecule has 5 nitrogen and oxygen atoms in total. The highest BCUT2D eigenvalue weighted by atomic mass is 16.5. The van der Waals surface area contributed by atoms with Crippen molar-refractivity contribution in [2.75, 3.05) is 40.0 Å². The van der Waals surface area contributed by atoms with Crippen LogP contribution in [0.5, 0.6) is 5.75 Å². The van der Waals surface area contributed by atoms with Crippen LogP contribution in [0, 0.1) is 5.92 Å². The predicted molar refractivity (Wildman–Crippen MR) is 109 cm³/mol. The van der Waals surface area contributed by atoms with Crippen LogP contribution >= 0.6 is 0 Å². The largest absolute Gasteiger partial charge is 0.491 e. The number of methoxy groups -OCH3 is 1. The van der Waals surface area contributed by atoms with Crippen LogP contribution in [0.2, 0.25) is 0 Å². The third kappa shape index (κ3) is 7.51. The summed E-state index contributed by atoms with van der Waals surface area (Å²) in [5, 5.41) is 3.65. The Balaban J connectivity index is 2.18. The average molecular weight is 377 g/mol. The van der Waals surface area contributed by atoms with E-state index in [4.69, 9.17) is 9.47 Å². The highest BCUT2D eigenvalue weighted by molar-refractivity contribution is 5.97. The number of hydrogen-bond acceptors (Lipinski definition) is 4. The van der Waals surface area contributed by atoms with E-state index >= 15 is 0 Å². The molecule has 27 heavy (non-hydrogen) atoms. The SMILES string of the molecule is COCCN1CCCCCCN[C@@H](CC(C)C)COc2ccccc2C1=O. The number of ether oxygens (including phenoxy) is 2. The highest BCUT2D eigenvalue weighted by Crippen LogP contribution is 2.21. The molecular formula is C22H36N2O3. The van der Waals surface area contributed by atoms with E-state index in [1.165, 1.54) is 6.42 Å². The van der Waals surface area contributed by atoms with Crippen molar-refractivity contribution in [1.29, 1.82) is 0 Å². The Bertz CT molecular complexity index is 562. The summed E-state index contributed by atoms with van der Waals surface area (Å²) in [5.41, 5.74) is 0.647. The summed E-state index contributed by atoms with van der Waals surface area (Å²) in [5.74, 6) is 1.32. The summed E-state index contributed by atoms with van der Waals surface area (Å²) in [4.78, 5) is 15.1. The molecule has 1 atom stereocenters. The zero-order valence-corrected chi connectivity index (χ0v) is 17.2. The zero-order chi connectivity index (χ0) is 19.5. The maximum Gasteiger partial charge on any atom is 0.257 e. The van der Waals surface area contributed by atoms with Gasteiger partial charge in [0.15, 0.2) is 0 Å². The van der Waals surface area contributed by atoms with Gasteiger partial charge in [-0.3, -0.25) is 4.79 Å². The molecule has 0 unspecified atom stereocenters. The molecule has 0 aromatic heterocycles. The van der Waals surface area contributed by atoms with Crippen molar-refractivity contribution in [2.24, 2.45) is 5.92 Å². The van der Waals surface area contributed by atoms with Gasteiger partial charge in [0.05, 0.1) is 12.2 Å². The van der Waals surface area contributed by atoms with E-state index in [1.54, 1.807) is 7.11 Å². The number of carbonyl (C=O) groups excluding carboxylic acids is 1. The van der Waals surface area contributed by atoms with E-state index in [1.807, 2.05) is 29.2 Å². The van der Waals surface area contributed by atoms with Gasteiger partial charge in [0, 0.05) is 26.2 Å². The van der Waals surface area contributed by atoms with Crippen LogP contribution in [0.25, 0.3) is 0 Å². The minimum atomic E-state index is 0.0353. The lowest BCUT2D eigenvalue weighted by Crippen LogP contribution is -2.38. The van der Waals surface area contributed by atoms with Crippen molar-refractivity contribution >= 4 is 5.91 Å². The van der Waals surface area contributed by atoms with Crippen LogP contribution in [0.3, 0.4) is 0 Å². The van der Waals surface area contributed by atoms with Crippen molar-refractivity contribution in [3.05, 3.63) is 29.8 Å². The smallest absolute Gasteiger partial charge is 0.257 e. The number of carbonyl (C=O) groups is 1. The number of rotatable bonds is 5. The highest BCUT2D eigenvalue weighted by Gasteiger charge is 2.20. The van der Waals surface area contributed by atoms with Crippen molar-refractivity contribution in [1.82, 2.24) is 10.2 Å². The van der Waals surface area contributed by atoms with Gasteiger partial charge in [-0.2, -0.15) is 0 Å². The minimum absolute atomic E-state index is 0.0353. The summed E-state index contributed by atoms with van der Waals surface area (Å²) in [6.07, 6.45) is 5.58. The zero-order valence-electron chi connectivity index (χ0n) is 17.2. The van der Waals surface area contributed by atoms with Crippen molar-refractivity contribution in [2.45, 2.75) is 52.0 Å². The molecule has 1 aliphatic heterocycles. The molecule has 5 heteroatoms. The van der Waals surface area contributed by atoms with E-state index in [0.29, 0.717) is 43.0 Å². The maximum atomic E-state index is 13.1. The van der Waals surface area contributed by atoms with E-state index in [-0.39, 0.29) is 5.91 Å². The quantitative estimate of drug-likeness (QED) is 0.851. The van der Waals surface area contributed by atoms with E-state index < -0.39 is 0 Å². The molecule has 0 spiro atoms. The van der Waals surface area contributed by atoms with Gasteiger partial charge in [-0.1, -0.05) is 38.8 Å². The van der Waals surface area contributed by atoms with Crippen LogP contribution in [0.15, 0.2) is 24.3 Å². The van der Waals surface area contributed by atoms with Crippen molar-refractivity contribution < 1.29 is 14.3 Å². The topological polar surface area (TPSA) is 50.8 Å². The Morgan fingerprint density at radius 1 is 1.22 bits per heavy atom. The van der Waals surface area contributed by atoms with Gasteiger partial charge in [0.25, 0.3) is 5.91 Å². The molecule has 0 fully saturated rings. The van der Waals surface area contributed by atoms with E-state index in [0.717, 1.165) is 38.8 Å². The Morgan fingerprint density at radius 3 is 2.78 bits per heavy atom. The summed E-state index contributed by atoms with van der Waals surface area (Å²) in [7, 11) is 1.67. The van der Waals surface area contributed by atoms with Gasteiger partial charge < -0.3 is 19.7 Å². The molecule has 152 valence electrons. The molecule has 2 rings (SSSR count). The number of fused-ring (bicyclic) bond motifs is 1. The van der Waals surface area contributed by atoms with Crippen molar-refractivity contribution in [3.63, 3.8) is 0 Å². The third-order valence-electron chi connectivity index (χ3n) is 4.95. The molecule has 1 aromatic rings. The summed E-state index contributed by atoms with van der Waals surface area (Å²) in [6.45, 7) is 8.00. The molecule has 0 radical (unpaired) electrons. The van der Waals surface area contributed by atoms with Gasteiger partial charge in [-0.15, -0.1) is 0 Å². The van der Waals surface area contributed by atoms with Crippen LogP contribution in [0.4, 0.5) is 0 Å². The van der Waals surface area contributed by atoms with E-state index in [9.17, 15) is 4.79 Å². The summed E-state index contributed by atoms with van der Waals surface area (Å²) < 4.78 is 11.3. The molecule has 0 saturated carbocycles. The first-order valence-corrected chi connectivity index (χ1v) is 10.3. The fourth-order valence-electron chi connectivity index (χ4n) is 3.51. The first kappa shape index (κ1) is 21.7. The Kier molecular flexibility index (Phi) is 9.64. The molecule has 0 saturated heterocycles. The number of amides is 1. The van der Waals surface area contributed by atoms with Crippen LogP contribution in [-0.2, 0) is 4.74 Å². The van der Waals surface area contributed by atoms with Gasteiger partial charge in [0.1, 0.15) is 12.4 Å².